The topological polar surface area (TPSA) is 63.7 Å². The Bertz CT molecular complexity index is 684. The Hall–Kier alpha value is -2.31. The molecule has 0 saturated heterocycles. The van der Waals surface area contributed by atoms with Crippen LogP contribution in [0.3, 0.4) is 0 Å². The number of benzene rings is 1. The van der Waals surface area contributed by atoms with E-state index >= 15 is 0 Å². The molecule has 3 rings (SSSR count). The maximum Gasteiger partial charge on any atom is 0.326 e. The van der Waals surface area contributed by atoms with E-state index in [1.54, 1.807) is 6.92 Å². The average Bonchev–Trinajstić information content (AvgIpc) is 3.26. The summed E-state index contributed by atoms with van der Waals surface area (Å²) in [4.78, 5) is 38.0. The van der Waals surface area contributed by atoms with E-state index in [0.717, 1.165) is 12.1 Å². The molecule has 22 heavy (non-hydrogen) atoms. The van der Waals surface area contributed by atoms with Crippen LogP contribution in [-0.4, -0.2) is 30.3 Å². The number of hydrogen-bond donors (Lipinski definition) is 0. The molecule has 116 valence electrons. The van der Waals surface area contributed by atoms with Crippen LogP contribution in [0.25, 0.3) is 0 Å². The second-order valence-corrected chi connectivity index (χ2v) is 5.27. The fourth-order valence-corrected chi connectivity index (χ4v) is 2.60. The summed E-state index contributed by atoms with van der Waals surface area (Å²) in [5.74, 6) is -6.52. The number of ketones is 1. The molecule has 1 aliphatic carbocycles. The molecular formula is C15H13F2NO4. The molecule has 0 radical (unpaired) electrons. The molecule has 0 spiro atoms. The Morgan fingerprint density at radius 3 is 2.50 bits per heavy atom. The zero-order valence-corrected chi connectivity index (χ0v) is 11.8. The number of amides is 1. The van der Waals surface area contributed by atoms with E-state index in [9.17, 15) is 23.2 Å². The maximum absolute atomic E-state index is 13.5. The molecule has 1 amide bonds. The summed E-state index contributed by atoms with van der Waals surface area (Å²) in [5.41, 5.74) is -0.139. The fraction of sp³-hybridized carbons (Fsp3) is 0.400. The molecule has 1 heterocycles. The fourth-order valence-electron chi connectivity index (χ4n) is 2.60. The lowest BCUT2D eigenvalue weighted by molar-refractivity contribution is -0.149. The van der Waals surface area contributed by atoms with E-state index < -0.39 is 35.2 Å². The number of carbonyl (C=O) groups is 3. The van der Waals surface area contributed by atoms with Crippen molar-refractivity contribution in [3.05, 3.63) is 29.3 Å². The van der Waals surface area contributed by atoms with Crippen LogP contribution >= 0.6 is 0 Å². The number of nitrogens with zero attached hydrogens (tertiary/aromatic N) is 1. The van der Waals surface area contributed by atoms with Gasteiger partial charge in [0.05, 0.1) is 12.3 Å². The highest BCUT2D eigenvalue weighted by molar-refractivity contribution is 6.30. The van der Waals surface area contributed by atoms with Gasteiger partial charge in [-0.15, -0.1) is 0 Å². The minimum absolute atomic E-state index is 0.0178. The first-order chi connectivity index (χ1) is 10.5. The lowest BCUT2D eigenvalue weighted by Crippen LogP contribution is -2.49. The molecule has 7 heteroatoms. The minimum Gasteiger partial charge on any atom is -0.465 e. The smallest absolute Gasteiger partial charge is 0.326 e. The Morgan fingerprint density at radius 2 is 1.91 bits per heavy atom. The number of hydrogen-bond acceptors (Lipinski definition) is 4. The van der Waals surface area contributed by atoms with Crippen molar-refractivity contribution < 1.29 is 27.9 Å². The normalized spacial score (nSPS) is 20.9. The van der Waals surface area contributed by atoms with Crippen LogP contribution in [0.1, 0.15) is 30.1 Å². The summed E-state index contributed by atoms with van der Waals surface area (Å²) in [5, 5.41) is 0. The van der Waals surface area contributed by atoms with Crippen LogP contribution in [0, 0.1) is 17.6 Å². The number of anilines is 1. The van der Waals surface area contributed by atoms with E-state index in [1.165, 1.54) is 4.90 Å². The Kier molecular flexibility index (Phi) is 3.42. The summed E-state index contributed by atoms with van der Waals surface area (Å²) in [6.07, 6.45) is 1.38. The van der Waals surface area contributed by atoms with E-state index in [-0.39, 0.29) is 23.9 Å². The number of esters is 1. The molecule has 1 aliphatic heterocycles. The van der Waals surface area contributed by atoms with E-state index in [2.05, 4.69) is 0 Å². The van der Waals surface area contributed by atoms with Crippen molar-refractivity contribution in [3.8, 4) is 0 Å². The molecule has 1 fully saturated rings. The van der Waals surface area contributed by atoms with Crippen LogP contribution in [0.2, 0.25) is 0 Å². The van der Waals surface area contributed by atoms with Gasteiger partial charge in [-0.05, 0) is 25.8 Å². The zero-order valence-electron chi connectivity index (χ0n) is 11.8. The Labute approximate surface area is 124 Å². The molecule has 2 aliphatic rings. The number of Topliss-reactive ketones (excluding diaryl/α,β-unsaturated/α-hetero) is 1. The summed E-state index contributed by atoms with van der Waals surface area (Å²) in [7, 11) is 0. The third-order valence-electron chi connectivity index (χ3n) is 3.74. The van der Waals surface area contributed by atoms with Gasteiger partial charge in [0.1, 0.15) is 0 Å². The van der Waals surface area contributed by atoms with Gasteiger partial charge in [-0.2, -0.15) is 0 Å². The van der Waals surface area contributed by atoms with Crippen molar-refractivity contribution in [2.45, 2.75) is 25.8 Å². The molecule has 0 aromatic heterocycles. The highest BCUT2D eigenvalue weighted by atomic mass is 19.2. The molecule has 0 N–H and O–H groups in total. The summed E-state index contributed by atoms with van der Waals surface area (Å²) < 4.78 is 31.7. The number of ether oxygens (including phenoxy) is 1. The van der Waals surface area contributed by atoms with Gasteiger partial charge in [0, 0.05) is 17.7 Å². The first kappa shape index (κ1) is 14.6. The van der Waals surface area contributed by atoms with Gasteiger partial charge in [-0.25, -0.2) is 8.78 Å². The Balaban J connectivity index is 2.12. The SMILES string of the molecule is CCOC(=O)C1C(=O)c2cc(F)c(F)cc2N(C2CC2)C1=O. The zero-order chi connectivity index (χ0) is 16.0. The molecule has 1 aromatic carbocycles. The monoisotopic (exact) mass is 309 g/mol. The van der Waals surface area contributed by atoms with E-state index in [4.69, 9.17) is 4.74 Å². The maximum atomic E-state index is 13.5. The van der Waals surface area contributed by atoms with Gasteiger partial charge in [-0.3, -0.25) is 14.4 Å². The van der Waals surface area contributed by atoms with Gasteiger partial charge >= 0.3 is 5.97 Å². The lowest BCUT2D eigenvalue weighted by atomic mass is 9.89. The number of halogens is 2. The predicted molar refractivity (Wildman–Crippen MR) is 71.3 cm³/mol. The summed E-state index contributed by atoms with van der Waals surface area (Å²) in [6, 6.07) is 1.38. The van der Waals surface area contributed by atoms with Gasteiger partial charge in [0.2, 0.25) is 5.91 Å². The van der Waals surface area contributed by atoms with Crippen molar-refractivity contribution in [2.75, 3.05) is 11.5 Å². The lowest BCUT2D eigenvalue weighted by Gasteiger charge is -2.32. The van der Waals surface area contributed by atoms with Crippen LogP contribution in [0.5, 0.6) is 0 Å². The van der Waals surface area contributed by atoms with Crippen molar-refractivity contribution in [1.82, 2.24) is 0 Å². The van der Waals surface area contributed by atoms with Gasteiger partial charge in [0.25, 0.3) is 0 Å². The van der Waals surface area contributed by atoms with Crippen molar-refractivity contribution in [1.29, 1.82) is 0 Å². The highest BCUT2D eigenvalue weighted by Gasteiger charge is 2.49. The third kappa shape index (κ3) is 2.17. The van der Waals surface area contributed by atoms with Gasteiger partial charge in [0.15, 0.2) is 23.3 Å². The molecule has 1 unspecified atom stereocenters. The Morgan fingerprint density at radius 1 is 1.27 bits per heavy atom. The van der Waals surface area contributed by atoms with Crippen LogP contribution in [0.4, 0.5) is 14.5 Å². The second kappa shape index (κ2) is 5.15. The second-order valence-electron chi connectivity index (χ2n) is 5.27. The molecule has 1 saturated carbocycles. The molecular weight excluding hydrogens is 296 g/mol. The number of fused-ring (bicyclic) bond motifs is 1. The van der Waals surface area contributed by atoms with E-state index in [0.29, 0.717) is 12.8 Å². The van der Waals surface area contributed by atoms with Gasteiger partial charge in [-0.1, -0.05) is 0 Å². The third-order valence-corrected chi connectivity index (χ3v) is 3.74. The first-order valence-corrected chi connectivity index (χ1v) is 6.98. The largest absolute Gasteiger partial charge is 0.465 e. The minimum atomic E-state index is -1.64. The van der Waals surface area contributed by atoms with Crippen molar-refractivity contribution in [2.24, 2.45) is 5.92 Å². The first-order valence-electron chi connectivity index (χ1n) is 6.98. The quantitative estimate of drug-likeness (QED) is 0.631. The average molecular weight is 309 g/mol. The molecule has 0 bridgehead atoms. The molecule has 1 atom stereocenters. The van der Waals surface area contributed by atoms with E-state index in [1.807, 2.05) is 0 Å². The van der Waals surface area contributed by atoms with Crippen LogP contribution in [0.15, 0.2) is 12.1 Å². The van der Waals surface area contributed by atoms with Crippen LogP contribution < -0.4 is 4.90 Å². The number of carbonyl (C=O) groups excluding carboxylic acids is 3. The number of rotatable bonds is 3. The van der Waals surface area contributed by atoms with Crippen molar-refractivity contribution >= 4 is 23.3 Å². The molecule has 1 aromatic rings. The predicted octanol–water partition coefficient (Wildman–Crippen LogP) is 1.84. The summed E-state index contributed by atoms with van der Waals surface area (Å²) in [6.45, 7) is 1.57. The highest BCUT2D eigenvalue weighted by Crippen LogP contribution is 2.40. The molecule has 5 nitrogen and oxygen atoms in total. The summed E-state index contributed by atoms with van der Waals surface area (Å²) >= 11 is 0. The van der Waals surface area contributed by atoms with Crippen molar-refractivity contribution in [3.63, 3.8) is 0 Å². The van der Waals surface area contributed by atoms with Gasteiger partial charge < -0.3 is 9.64 Å². The van der Waals surface area contributed by atoms with Crippen LogP contribution in [-0.2, 0) is 14.3 Å². The standard InChI is InChI=1S/C15H13F2NO4/c1-2-22-15(21)12-13(19)8-5-9(16)10(17)6-11(8)18(14(12)20)7-3-4-7/h5-7,12H,2-4H2,1H3.